The second-order valence-electron chi connectivity index (χ2n) is 8.10. The third-order valence-electron chi connectivity index (χ3n) is 5.37. The van der Waals surface area contributed by atoms with Crippen LogP contribution >= 0.6 is 11.8 Å². The number of pyridine rings is 1. The number of carbonyl (C=O) groups is 1. The van der Waals surface area contributed by atoms with Gasteiger partial charge in [-0.3, -0.25) is 15.2 Å². The van der Waals surface area contributed by atoms with Gasteiger partial charge >= 0.3 is 0 Å². The number of nitrogens with zero attached hydrogens (tertiary/aromatic N) is 4. The Bertz CT molecular complexity index is 1380. The van der Waals surface area contributed by atoms with E-state index >= 15 is 0 Å². The molecule has 0 unspecified atom stereocenters. The van der Waals surface area contributed by atoms with Crippen molar-refractivity contribution in [1.82, 2.24) is 9.99 Å². The summed E-state index contributed by atoms with van der Waals surface area (Å²) in [5.41, 5.74) is 2.91. The van der Waals surface area contributed by atoms with Gasteiger partial charge in [0, 0.05) is 24.4 Å². The van der Waals surface area contributed by atoms with E-state index in [1.807, 2.05) is 67.6 Å². The van der Waals surface area contributed by atoms with Gasteiger partial charge in [-0.15, -0.1) is 0 Å². The van der Waals surface area contributed by atoms with Crippen LogP contribution in [0.3, 0.4) is 0 Å². The van der Waals surface area contributed by atoms with Gasteiger partial charge < -0.3 is 9.47 Å². The zero-order chi connectivity index (χ0) is 24.9. The van der Waals surface area contributed by atoms with Crippen molar-refractivity contribution < 1.29 is 14.3 Å². The second-order valence-corrected chi connectivity index (χ2v) is 9.06. The normalized spacial score (nSPS) is 16.0. The lowest BCUT2D eigenvalue weighted by Crippen LogP contribution is -2.35. The topological polar surface area (TPSA) is 100 Å². The van der Waals surface area contributed by atoms with Gasteiger partial charge in [-0.2, -0.15) is 15.1 Å². The Morgan fingerprint density at radius 3 is 2.58 bits per heavy atom. The lowest BCUT2D eigenvalue weighted by Gasteiger charge is -2.20. The highest BCUT2D eigenvalue weighted by Crippen LogP contribution is 2.30. The van der Waals surface area contributed by atoms with Crippen molar-refractivity contribution in [2.24, 2.45) is 10.1 Å². The van der Waals surface area contributed by atoms with E-state index in [-0.39, 0.29) is 11.4 Å². The number of nitrogens with one attached hydrogen (secondary N) is 1. The first kappa shape index (κ1) is 23.5. The van der Waals surface area contributed by atoms with Gasteiger partial charge in [-0.1, -0.05) is 24.3 Å². The fourth-order valence-electron chi connectivity index (χ4n) is 3.57. The molecule has 0 bridgehead atoms. The number of hydrogen-bond donors (Lipinski definition) is 1. The van der Waals surface area contributed by atoms with E-state index in [1.165, 1.54) is 16.8 Å². The van der Waals surface area contributed by atoms with E-state index in [4.69, 9.17) is 14.9 Å². The highest BCUT2D eigenvalue weighted by atomic mass is 32.2. The van der Waals surface area contributed by atoms with Crippen LogP contribution in [-0.4, -0.2) is 45.2 Å². The molecule has 1 amide bonds. The number of amidine groups is 2. The summed E-state index contributed by atoms with van der Waals surface area (Å²) in [5.74, 6) is 1.11. The van der Waals surface area contributed by atoms with E-state index in [2.05, 4.69) is 15.1 Å². The number of amides is 1. The van der Waals surface area contributed by atoms with Crippen LogP contribution in [0.15, 0.2) is 88.7 Å². The molecule has 8 nitrogen and oxygen atoms in total. The lowest BCUT2D eigenvalue weighted by molar-refractivity contribution is -0.114. The van der Waals surface area contributed by atoms with Crippen LogP contribution < -0.4 is 9.47 Å². The predicted molar refractivity (Wildman–Crippen MR) is 142 cm³/mol. The molecule has 0 fully saturated rings. The van der Waals surface area contributed by atoms with E-state index in [0.717, 1.165) is 34.6 Å². The molecule has 0 spiro atoms. The molecule has 0 atom stereocenters. The molecule has 3 aromatic rings. The average Bonchev–Trinajstić information content (AvgIpc) is 3.32. The summed E-state index contributed by atoms with van der Waals surface area (Å²) in [6.45, 7) is 3.13. The molecule has 0 aliphatic carbocycles. The second kappa shape index (κ2) is 10.6. The number of ether oxygens (including phenoxy) is 2. The van der Waals surface area contributed by atoms with Gasteiger partial charge in [0.2, 0.25) is 5.17 Å². The van der Waals surface area contributed by atoms with Crippen molar-refractivity contribution >= 4 is 39.8 Å². The maximum Gasteiger partial charge on any atom is 0.283 e. The van der Waals surface area contributed by atoms with E-state index in [9.17, 15) is 4.79 Å². The molecule has 0 saturated carbocycles. The zero-order valence-corrected chi connectivity index (χ0v) is 20.4. The largest absolute Gasteiger partial charge is 0.493 e. The van der Waals surface area contributed by atoms with Gasteiger partial charge in [-0.25, -0.2) is 0 Å². The fourth-order valence-corrected chi connectivity index (χ4v) is 4.45. The Kier molecular flexibility index (Phi) is 6.90. The van der Waals surface area contributed by atoms with E-state index < -0.39 is 5.91 Å². The molecule has 5 rings (SSSR count). The van der Waals surface area contributed by atoms with Gasteiger partial charge in [-0.05, 0) is 72.3 Å². The van der Waals surface area contributed by atoms with Gasteiger partial charge in [0.1, 0.15) is 16.5 Å². The molecule has 2 aromatic carbocycles. The fraction of sp³-hybridized carbons (Fsp3) is 0.148. The first-order chi connectivity index (χ1) is 17.6. The molecule has 3 heterocycles. The zero-order valence-electron chi connectivity index (χ0n) is 19.5. The summed E-state index contributed by atoms with van der Waals surface area (Å²) in [5, 5.41) is 15.4. The van der Waals surface area contributed by atoms with Crippen molar-refractivity contribution in [1.29, 1.82) is 5.41 Å². The summed E-state index contributed by atoms with van der Waals surface area (Å²) in [4.78, 5) is 20.9. The van der Waals surface area contributed by atoms with Crippen LogP contribution in [0.2, 0.25) is 0 Å². The first-order valence-electron chi connectivity index (χ1n) is 11.4. The molecular formula is C27H23N5O3S. The molecule has 2 aliphatic heterocycles. The Morgan fingerprint density at radius 2 is 1.83 bits per heavy atom. The SMILES string of the molecule is Cc1cccc(OCCCOc2ccc(/C=C3/C(=N)N4N=C(c5cccnc5)SC4=NC3=O)cc2)c1. The van der Waals surface area contributed by atoms with Crippen LogP contribution in [0.1, 0.15) is 23.1 Å². The molecule has 1 aromatic heterocycles. The number of aromatic nitrogens is 1. The maximum atomic E-state index is 12.6. The molecule has 180 valence electrons. The number of carbonyl (C=O) groups excluding carboxylic acids is 1. The highest BCUT2D eigenvalue weighted by Gasteiger charge is 2.36. The minimum Gasteiger partial charge on any atom is -0.493 e. The molecular weight excluding hydrogens is 474 g/mol. The monoisotopic (exact) mass is 497 g/mol. The molecule has 9 heteroatoms. The average molecular weight is 498 g/mol. The summed E-state index contributed by atoms with van der Waals surface area (Å²) in [6, 6.07) is 19.0. The first-order valence-corrected chi connectivity index (χ1v) is 12.2. The molecule has 36 heavy (non-hydrogen) atoms. The quantitative estimate of drug-likeness (QED) is 0.351. The number of rotatable bonds is 8. The van der Waals surface area contributed by atoms with Gasteiger partial charge in [0.25, 0.3) is 5.91 Å². The standard InChI is InChI=1S/C27H23N5O3S/c1-18-5-2-7-22(15-18)35-14-4-13-34-21-10-8-19(9-11-21)16-23-24(28)32-27(30-25(23)33)36-26(31-32)20-6-3-12-29-17-20/h2-3,5-12,15-17,28H,4,13-14H2,1H3/b23-16-,28-24?. The van der Waals surface area contributed by atoms with Crippen LogP contribution in [0.25, 0.3) is 6.08 Å². The Balaban J connectivity index is 1.18. The molecule has 2 aliphatic rings. The van der Waals surface area contributed by atoms with Crippen LogP contribution in [-0.2, 0) is 4.79 Å². The van der Waals surface area contributed by atoms with Crippen molar-refractivity contribution in [3.05, 3.63) is 95.3 Å². The smallest absolute Gasteiger partial charge is 0.283 e. The third-order valence-corrected chi connectivity index (χ3v) is 6.33. The van der Waals surface area contributed by atoms with E-state index in [0.29, 0.717) is 23.4 Å². The summed E-state index contributed by atoms with van der Waals surface area (Å²) in [7, 11) is 0. The number of hydrogen-bond acceptors (Lipinski definition) is 7. The number of aryl methyl sites for hydroxylation is 1. The van der Waals surface area contributed by atoms with Crippen LogP contribution in [0.5, 0.6) is 11.5 Å². The van der Waals surface area contributed by atoms with Crippen molar-refractivity contribution in [2.75, 3.05) is 13.2 Å². The Morgan fingerprint density at radius 1 is 1.03 bits per heavy atom. The lowest BCUT2D eigenvalue weighted by atomic mass is 10.1. The summed E-state index contributed by atoms with van der Waals surface area (Å²) >= 11 is 1.25. The number of hydrazone groups is 1. The minimum atomic E-state index is -0.463. The number of thioether (sulfide) groups is 1. The van der Waals surface area contributed by atoms with Gasteiger partial charge in [0.05, 0.1) is 18.8 Å². The third kappa shape index (κ3) is 5.36. The predicted octanol–water partition coefficient (Wildman–Crippen LogP) is 4.91. The minimum absolute atomic E-state index is 0.00896. The molecule has 0 saturated heterocycles. The summed E-state index contributed by atoms with van der Waals surface area (Å²) < 4.78 is 11.5. The van der Waals surface area contributed by atoms with Crippen LogP contribution in [0.4, 0.5) is 0 Å². The molecule has 0 radical (unpaired) electrons. The maximum absolute atomic E-state index is 12.6. The molecule has 1 N–H and O–H groups in total. The Labute approximate surface area is 212 Å². The highest BCUT2D eigenvalue weighted by molar-refractivity contribution is 8.27. The van der Waals surface area contributed by atoms with Crippen molar-refractivity contribution in [3.63, 3.8) is 0 Å². The summed E-state index contributed by atoms with van der Waals surface area (Å²) in [6.07, 6.45) is 5.76. The number of aliphatic imine (C=N–C) groups is 1. The number of benzene rings is 2. The van der Waals surface area contributed by atoms with E-state index in [1.54, 1.807) is 18.5 Å². The van der Waals surface area contributed by atoms with Crippen molar-refractivity contribution in [3.8, 4) is 11.5 Å². The van der Waals surface area contributed by atoms with Crippen LogP contribution in [0, 0.1) is 12.3 Å². The van der Waals surface area contributed by atoms with Crippen molar-refractivity contribution in [2.45, 2.75) is 13.3 Å². The Hall–Kier alpha value is -4.24. The number of fused-ring (bicyclic) bond motifs is 1. The van der Waals surface area contributed by atoms with Gasteiger partial charge in [0.15, 0.2) is 5.84 Å².